The van der Waals surface area contributed by atoms with Gasteiger partial charge in [0.05, 0.1) is 12.2 Å². The maximum Gasteiger partial charge on any atom is 0.0595 e. The summed E-state index contributed by atoms with van der Waals surface area (Å²) in [5.41, 5.74) is 0. The van der Waals surface area contributed by atoms with Crippen LogP contribution in [0, 0.1) is 0 Å². The molecule has 2 saturated heterocycles. The molecule has 120 valence electrons. The van der Waals surface area contributed by atoms with E-state index in [1.54, 1.807) is 14.2 Å². The minimum atomic E-state index is 0.497. The standard InChI is InChI=1S/C9H18ClNO.C6H13NO/c1-12-9-3-7-11(8-4-9)6-2-5-10;1-8-6-2-4-7-5-3-6/h9H,2-8H2,1H3;6-7H,2-5H2,1H3. The summed E-state index contributed by atoms with van der Waals surface area (Å²) in [5.74, 6) is 0.782. The smallest absolute Gasteiger partial charge is 0.0595 e. The molecule has 2 heterocycles. The summed E-state index contributed by atoms with van der Waals surface area (Å²) in [6, 6.07) is 0. The van der Waals surface area contributed by atoms with Crippen molar-refractivity contribution in [1.29, 1.82) is 0 Å². The van der Waals surface area contributed by atoms with Gasteiger partial charge in [0.15, 0.2) is 0 Å². The maximum absolute atomic E-state index is 5.63. The molecule has 1 N–H and O–H groups in total. The van der Waals surface area contributed by atoms with Gasteiger partial charge in [-0.3, -0.25) is 0 Å². The normalized spacial score (nSPS) is 22.4. The van der Waals surface area contributed by atoms with E-state index in [0.717, 1.165) is 31.9 Å². The zero-order valence-corrected chi connectivity index (χ0v) is 13.8. The molecule has 0 aliphatic carbocycles. The molecule has 4 nitrogen and oxygen atoms in total. The van der Waals surface area contributed by atoms with Crippen molar-refractivity contribution in [2.45, 2.75) is 44.3 Å². The first-order valence-corrected chi connectivity index (χ1v) is 8.38. The number of nitrogens with zero attached hydrogens (tertiary/aromatic N) is 1. The first kappa shape index (κ1) is 18.2. The molecule has 2 fully saturated rings. The predicted octanol–water partition coefficient (Wildman–Crippen LogP) is 2.11. The molecular formula is C15H31ClN2O2. The second-order valence-electron chi connectivity index (χ2n) is 5.50. The fourth-order valence-corrected chi connectivity index (χ4v) is 2.80. The van der Waals surface area contributed by atoms with Gasteiger partial charge >= 0.3 is 0 Å². The van der Waals surface area contributed by atoms with Gasteiger partial charge in [0.1, 0.15) is 0 Å². The van der Waals surface area contributed by atoms with Crippen LogP contribution >= 0.6 is 11.6 Å². The molecule has 2 rings (SSSR count). The van der Waals surface area contributed by atoms with Crippen LogP contribution in [-0.2, 0) is 9.47 Å². The summed E-state index contributed by atoms with van der Waals surface area (Å²) >= 11 is 5.63. The number of likely N-dealkylation sites (tertiary alicyclic amines) is 1. The number of rotatable bonds is 5. The maximum atomic E-state index is 5.63. The lowest BCUT2D eigenvalue weighted by molar-refractivity contribution is 0.0413. The highest BCUT2D eigenvalue weighted by atomic mass is 35.5. The van der Waals surface area contributed by atoms with E-state index in [9.17, 15) is 0 Å². The summed E-state index contributed by atoms with van der Waals surface area (Å²) in [6.45, 7) is 5.75. The fourth-order valence-electron chi connectivity index (χ4n) is 2.68. The Bertz CT molecular complexity index is 218. The quantitative estimate of drug-likeness (QED) is 0.789. The summed E-state index contributed by atoms with van der Waals surface area (Å²) in [5, 5.41) is 3.27. The average Bonchev–Trinajstić information content (AvgIpc) is 2.54. The number of ether oxygens (including phenoxy) is 2. The monoisotopic (exact) mass is 306 g/mol. The third kappa shape index (κ3) is 7.79. The number of halogens is 1. The number of piperidine rings is 2. The van der Waals surface area contributed by atoms with Crippen molar-refractivity contribution in [3.05, 3.63) is 0 Å². The lowest BCUT2D eigenvalue weighted by atomic mass is 10.1. The highest BCUT2D eigenvalue weighted by molar-refractivity contribution is 6.17. The van der Waals surface area contributed by atoms with Gasteiger partial charge in [0, 0.05) is 33.2 Å². The lowest BCUT2D eigenvalue weighted by Crippen LogP contribution is -2.37. The number of methoxy groups -OCH3 is 2. The van der Waals surface area contributed by atoms with E-state index in [0.29, 0.717) is 12.2 Å². The van der Waals surface area contributed by atoms with Gasteiger partial charge in [0.25, 0.3) is 0 Å². The number of hydrogen-bond acceptors (Lipinski definition) is 4. The van der Waals surface area contributed by atoms with Gasteiger partial charge in [-0.2, -0.15) is 0 Å². The molecule has 0 aromatic rings. The Balaban J connectivity index is 0.000000217. The molecule has 0 radical (unpaired) electrons. The van der Waals surface area contributed by atoms with Gasteiger partial charge in [-0.25, -0.2) is 0 Å². The van der Waals surface area contributed by atoms with E-state index in [-0.39, 0.29) is 0 Å². The lowest BCUT2D eigenvalue weighted by Gasteiger charge is -2.30. The van der Waals surface area contributed by atoms with Crippen molar-refractivity contribution < 1.29 is 9.47 Å². The van der Waals surface area contributed by atoms with Crippen molar-refractivity contribution in [3.63, 3.8) is 0 Å². The summed E-state index contributed by atoms with van der Waals surface area (Å²) in [4.78, 5) is 2.47. The van der Waals surface area contributed by atoms with E-state index < -0.39 is 0 Å². The Kier molecular flexibility index (Phi) is 10.7. The highest BCUT2D eigenvalue weighted by Crippen LogP contribution is 2.12. The van der Waals surface area contributed by atoms with Crippen LogP contribution in [0.3, 0.4) is 0 Å². The van der Waals surface area contributed by atoms with Gasteiger partial charge in [-0.05, 0) is 51.7 Å². The zero-order valence-electron chi connectivity index (χ0n) is 13.1. The minimum Gasteiger partial charge on any atom is -0.381 e. The molecule has 5 heteroatoms. The summed E-state index contributed by atoms with van der Waals surface area (Å²) in [7, 11) is 3.59. The average molecular weight is 307 g/mol. The van der Waals surface area contributed by atoms with Crippen molar-refractivity contribution in [2.24, 2.45) is 0 Å². The molecule has 20 heavy (non-hydrogen) atoms. The molecule has 2 aliphatic heterocycles. The fraction of sp³-hybridized carbons (Fsp3) is 1.00. The van der Waals surface area contributed by atoms with Crippen LogP contribution in [0.15, 0.2) is 0 Å². The van der Waals surface area contributed by atoms with Crippen molar-refractivity contribution in [2.75, 3.05) is 52.8 Å². The van der Waals surface area contributed by atoms with Crippen molar-refractivity contribution in [1.82, 2.24) is 10.2 Å². The molecule has 0 aromatic heterocycles. The summed E-state index contributed by atoms with van der Waals surface area (Å²) < 4.78 is 10.4. The van der Waals surface area contributed by atoms with Crippen LogP contribution < -0.4 is 5.32 Å². The van der Waals surface area contributed by atoms with Crippen molar-refractivity contribution in [3.8, 4) is 0 Å². The minimum absolute atomic E-state index is 0.497. The van der Waals surface area contributed by atoms with Gasteiger partial charge < -0.3 is 19.7 Å². The molecule has 0 unspecified atom stereocenters. The highest BCUT2D eigenvalue weighted by Gasteiger charge is 2.17. The van der Waals surface area contributed by atoms with Crippen LogP contribution in [0.4, 0.5) is 0 Å². The Morgan fingerprint density at radius 1 is 1.00 bits per heavy atom. The number of nitrogens with one attached hydrogen (secondary N) is 1. The summed E-state index contributed by atoms with van der Waals surface area (Å²) in [6.07, 6.45) is 6.84. The molecule has 0 bridgehead atoms. The predicted molar refractivity (Wildman–Crippen MR) is 84.7 cm³/mol. The van der Waals surface area contributed by atoms with E-state index in [1.807, 2.05) is 0 Å². The Morgan fingerprint density at radius 3 is 2.00 bits per heavy atom. The molecular weight excluding hydrogens is 276 g/mol. The van der Waals surface area contributed by atoms with Gasteiger partial charge in [0.2, 0.25) is 0 Å². The van der Waals surface area contributed by atoms with E-state index in [1.165, 1.54) is 38.8 Å². The first-order chi connectivity index (χ1) is 9.80. The molecule has 0 atom stereocenters. The second-order valence-corrected chi connectivity index (χ2v) is 5.88. The molecule has 0 amide bonds. The van der Waals surface area contributed by atoms with Gasteiger partial charge in [-0.15, -0.1) is 11.6 Å². The number of alkyl halides is 1. The molecule has 0 saturated carbocycles. The molecule has 0 spiro atoms. The zero-order chi connectivity index (χ0) is 14.6. The van der Waals surface area contributed by atoms with Crippen molar-refractivity contribution >= 4 is 11.6 Å². The van der Waals surface area contributed by atoms with E-state index >= 15 is 0 Å². The SMILES string of the molecule is COC1CCN(CCCCl)CC1.COC1CCNCC1. The first-order valence-electron chi connectivity index (χ1n) is 7.84. The second kappa shape index (κ2) is 11.8. The van der Waals surface area contributed by atoms with Gasteiger partial charge in [-0.1, -0.05) is 0 Å². The molecule has 2 aliphatic rings. The van der Waals surface area contributed by atoms with Crippen LogP contribution in [0.1, 0.15) is 32.1 Å². The number of hydrogen-bond donors (Lipinski definition) is 1. The third-order valence-corrected chi connectivity index (χ3v) is 4.36. The van der Waals surface area contributed by atoms with Crippen LogP contribution in [0.5, 0.6) is 0 Å². The largest absolute Gasteiger partial charge is 0.381 e. The topological polar surface area (TPSA) is 33.7 Å². The van der Waals surface area contributed by atoms with E-state index in [4.69, 9.17) is 21.1 Å². The van der Waals surface area contributed by atoms with E-state index in [2.05, 4.69) is 10.2 Å². The van der Waals surface area contributed by atoms with Crippen LogP contribution in [-0.4, -0.2) is 69.9 Å². The molecule has 0 aromatic carbocycles. The van der Waals surface area contributed by atoms with Crippen LogP contribution in [0.25, 0.3) is 0 Å². The Labute approximate surface area is 129 Å². The third-order valence-electron chi connectivity index (χ3n) is 4.10. The van der Waals surface area contributed by atoms with Crippen LogP contribution in [0.2, 0.25) is 0 Å². The Morgan fingerprint density at radius 2 is 1.55 bits per heavy atom. The Hall–Kier alpha value is 0.130.